The van der Waals surface area contributed by atoms with Gasteiger partial charge in [-0.1, -0.05) is 35.9 Å². The zero-order chi connectivity index (χ0) is 5.11. The van der Waals surface area contributed by atoms with E-state index in [2.05, 4.69) is 19.1 Å². The molecule has 0 aromatic heterocycles. The van der Waals surface area contributed by atoms with Crippen LogP contribution in [-0.2, 0) is 0 Å². The fourth-order valence-electron chi connectivity index (χ4n) is 0.534. The first-order chi connectivity index (χ1) is 3.39. The van der Waals surface area contributed by atoms with Gasteiger partial charge < -0.3 is 8.33 Å². The van der Waals surface area contributed by atoms with E-state index in [9.17, 15) is 0 Å². The molecule has 48 valence electrons. The van der Waals surface area contributed by atoms with Gasteiger partial charge in [0, 0.05) is 0 Å². The Morgan fingerprint density at radius 2 is 1.56 bits per heavy atom. The zero-order valence-corrected chi connectivity index (χ0v) is 7.01. The second kappa shape index (κ2) is 6.07. The summed E-state index contributed by atoms with van der Waals surface area (Å²) < 4.78 is 0. The van der Waals surface area contributed by atoms with Crippen molar-refractivity contribution >= 4 is 23.1 Å². The normalized spacial score (nSPS) is 6.78. The molecule has 0 amide bonds. The molecule has 0 aliphatic carbocycles. The van der Waals surface area contributed by atoms with Crippen molar-refractivity contribution in [2.45, 2.75) is 6.92 Å². The van der Waals surface area contributed by atoms with Crippen LogP contribution >= 0.6 is 0 Å². The molecule has 1 aromatic carbocycles. The molecular weight excluding hydrogens is 124 g/mol. The number of aryl methyl sites for hydroxylation is 1. The van der Waals surface area contributed by atoms with Crippen LogP contribution in [0, 0.1) is 6.92 Å². The largest absolute Gasteiger partial charge is 2.00 e. The molecule has 0 atom stereocenters. The summed E-state index contributed by atoms with van der Waals surface area (Å²) in [4.78, 5) is 0. The Morgan fingerprint density at radius 3 is 1.78 bits per heavy atom. The van der Waals surface area contributed by atoms with Gasteiger partial charge >= 0.3 is 23.1 Å². The molecule has 0 heterocycles. The Balaban J connectivity index is -0.0000000612. The molecule has 0 aliphatic heterocycles. The molecule has 1 nitrogen and oxygen atoms in total. The summed E-state index contributed by atoms with van der Waals surface area (Å²) in [6.07, 6.45) is 0. The van der Waals surface area contributed by atoms with Crippen LogP contribution in [0.15, 0.2) is 30.3 Å². The second-order valence-corrected chi connectivity index (χ2v) is 1.65. The third-order valence-electron chi connectivity index (χ3n) is 0.940. The first-order valence-corrected chi connectivity index (χ1v) is 2.41. The zero-order valence-electron chi connectivity index (χ0n) is 7.59. The summed E-state index contributed by atoms with van der Waals surface area (Å²) >= 11 is 0. The van der Waals surface area contributed by atoms with Crippen LogP contribution in [-0.4, -0.2) is 28.5 Å². The Hall–Kier alpha value is -0.0538. The number of hydrogen-bond donors (Lipinski definition) is 0. The molecule has 2 N–H and O–H groups in total. The third-order valence-corrected chi connectivity index (χ3v) is 0.940. The predicted octanol–water partition coefficient (Wildman–Crippen LogP) is 1.01. The van der Waals surface area contributed by atoms with Crippen LogP contribution in [0.4, 0.5) is 0 Å². The molecule has 0 fully saturated rings. The van der Waals surface area contributed by atoms with Gasteiger partial charge in [-0.2, -0.15) is 0 Å². The molecule has 0 aliphatic rings. The van der Waals surface area contributed by atoms with E-state index in [1.807, 2.05) is 18.2 Å². The standard InChI is InChI=1S/C7H8.Mg.H2O.2H/c1-7-5-3-2-4-6-7;;;;/h2-6H,1H3;;1H2;;/q;+2;;2*-1. The Morgan fingerprint density at radius 1 is 1.11 bits per heavy atom. The van der Waals surface area contributed by atoms with E-state index in [0.29, 0.717) is 0 Å². The van der Waals surface area contributed by atoms with Gasteiger partial charge in [0.15, 0.2) is 0 Å². The van der Waals surface area contributed by atoms with E-state index < -0.39 is 0 Å². The maximum atomic E-state index is 2.08. The van der Waals surface area contributed by atoms with Crippen molar-refractivity contribution in [3.05, 3.63) is 35.9 Å². The summed E-state index contributed by atoms with van der Waals surface area (Å²) in [6, 6.07) is 10.3. The smallest absolute Gasteiger partial charge is 1.00 e. The van der Waals surface area contributed by atoms with Crippen molar-refractivity contribution in [3.63, 3.8) is 0 Å². The van der Waals surface area contributed by atoms with E-state index in [0.717, 1.165) is 0 Å². The Bertz CT molecular complexity index is 146. The predicted molar refractivity (Wildman–Crippen MR) is 42.8 cm³/mol. The van der Waals surface area contributed by atoms with Crippen LogP contribution in [0.1, 0.15) is 8.42 Å². The quantitative estimate of drug-likeness (QED) is 0.477. The first-order valence-electron chi connectivity index (χ1n) is 2.41. The maximum absolute atomic E-state index is 2.08. The van der Waals surface area contributed by atoms with Crippen molar-refractivity contribution in [2.24, 2.45) is 0 Å². The molecule has 0 spiro atoms. The van der Waals surface area contributed by atoms with Crippen molar-refractivity contribution in [1.29, 1.82) is 0 Å². The van der Waals surface area contributed by atoms with E-state index in [4.69, 9.17) is 0 Å². The molecule has 0 unspecified atom stereocenters. The molecule has 1 rings (SSSR count). The van der Waals surface area contributed by atoms with Crippen LogP contribution in [0.3, 0.4) is 0 Å². The molecule has 0 bridgehead atoms. The van der Waals surface area contributed by atoms with Gasteiger partial charge in [0.25, 0.3) is 0 Å². The van der Waals surface area contributed by atoms with Crippen LogP contribution in [0.2, 0.25) is 0 Å². The second-order valence-electron chi connectivity index (χ2n) is 1.65. The van der Waals surface area contributed by atoms with Crippen molar-refractivity contribution in [2.75, 3.05) is 0 Å². The minimum absolute atomic E-state index is 0. The first kappa shape index (κ1) is 11.7. The average molecular weight is 136 g/mol. The van der Waals surface area contributed by atoms with Gasteiger partial charge in [0.2, 0.25) is 0 Å². The summed E-state index contributed by atoms with van der Waals surface area (Å²) in [6.45, 7) is 2.08. The molecule has 0 saturated carbocycles. The Kier molecular flexibility index (Phi) is 7.90. The summed E-state index contributed by atoms with van der Waals surface area (Å²) in [5.41, 5.74) is 1.32. The minimum atomic E-state index is 0. The average Bonchev–Trinajstić information content (AvgIpc) is 1.69. The van der Waals surface area contributed by atoms with Gasteiger partial charge in [-0.05, 0) is 6.92 Å². The van der Waals surface area contributed by atoms with Gasteiger partial charge in [-0.15, -0.1) is 0 Å². The Labute approximate surface area is 74.5 Å². The van der Waals surface area contributed by atoms with Gasteiger partial charge in [-0.25, -0.2) is 0 Å². The van der Waals surface area contributed by atoms with E-state index in [1.54, 1.807) is 0 Å². The van der Waals surface area contributed by atoms with Gasteiger partial charge in [0.05, 0.1) is 0 Å². The van der Waals surface area contributed by atoms with Gasteiger partial charge in [0.1, 0.15) is 0 Å². The summed E-state index contributed by atoms with van der Waals surface area (Å²) in [5, 5.41) is 0. The van der Waals surface area contributed by atoms with Crippen LogP contribution < -0.4 is 0 Å². The third kappa shape index (κ3) is 4.45. The fraction of sp³-hybridized carbons (Fsp3) is 0.143. The molecular formula is C7H12MgO. The number of hydrogen-bond acceptors (Lipinski definition) is 0. The van der Waals surface area contributed by atoms with Crippen LogP contribution in [0.25, 0.3) is 0 Å². The van der Waals surface area contributed by atoms with Gasteiger partial charge in [-0.3, -0.25) is 0 Å². The van der Waals surface area contributed by atoms with Crippen molar-refractivity contribution in [3.8, 4) is 0 Å². The monoisotopic (exact) mass is 136 g/mol. The molecule has 1 aromatic rings. The minimum Gasteiger partial charge on any atom is -1.00 e. The molecule has 9 heavy (non-hydrogen) atoms. The topological polar surface area (TPSA) is 31.5 Å². The van der Waals surface area contributed by atoms with E-state index >= 15 is 0 Å². The van der Waals surface area contributed by atoms with Crippen molar-refractivity contribution in [1.82, 2.24) is 0 Å². The molecule has 0 saturated heterocycles. The van der Waals surface area contributed by atoms with Crippen LogP contribution in [0.5, 0.6) is 0 Å². The molecule has 2 heteroatoms. The van der Waals surface area contributed by atoms with E-state index in [1.165, 1.54) is 5.56 Å². The number of benzene rings is 1. The number of rotatable bonds is 0. The van der Waals surface area contributed by atoms with Crippen molar-refractivity contribution < 1.29 is 8.33 Å². The van der Waals surface area contributed by atoms with E-state index in [-0.39, 0.29) is 31.4 Å². The fourth-order valence-corrected chi connectivity index (χ4v) is 0.534. The summed E-state index contributed by atoms with van der Waals surface area (Å²) in [5.74, 6) is 0. The molecule has 0 radical (unpaired) electrons. The summed E-state index contributed by atoms with van der Waals surface area (Å²) in [7, 11) is 0. The SMILES string of the molecule is Cc1ccccc1.O.[H-].[H-].[Mg+2]. The maximum Gasteiger partial charge on any atom is 2.00 e.